The van der Waals surface area contributed by atoms with Crippen LogP contribution in [0.4, 0.5) is 4.39 Å². The molecule has 104 valence electrons. The Hall–Kier alpha value is -1.05. The van der Waals surface area contributed by atoms with Gasteiger partial charge in [-0.05, 0) is 25.0 Å². The van der Waals surface area contributed by atoms with Crippen LogP contribution in [0.2, 0.25) is 0 Å². The first-order chi connectivity index (χ1) is 8.87. The van der Waals surface area contributed by atoms with Crippen molar-refractivity contribution in [2.24, 2.45) is 5.73 Å². The van der Waals surface area contributed by atoms with Gasteiger partial charge in [0.15, 0.2) is 0 Å². The minimum Gasteiger partial charge on any atom is -0.392 e. The molecule has 0 heterocycles. The lowest BCUT2D eigenvalue weighted by atomic mass is 10.00. The lowest BCUT2D eigenvalue weighted by Crippen LogP contribution is -2.54. The highest BCUT2D eigenvalue weighted by Crippen LogP contribution is 2.32. The molecule has 0 aromatic heterocycles. The Kier molecular flexibility index (Phi) is 3.89. The van der Waals surface area contributed by atoms with Crippen molar-refractivity contribution in [3.05, 3.63) is 30.1 Å². The average molecular weight is 302 g/mol. The molecular weight excluding hydrogens is 287 g/mol. The molecule has 0 saturated heterocycles. The number of halogens is 1. The van der Waals surface area contributed by atoms with E-state index in [2.05, 4.69) is 4.72 Å². The number of rotatable bonds is 4. The summed E-state index contributed by atoms with van der Waals surface area (Å²) < 4.78 is 40.6. The standard InChI is InChI=1S/C12H15FN2O2S2/c13-9-5-1-2-6-10(9)19(16,17)15-12(11(14)18)7-3-4-8-12/h1-2,5-6,15H,3-4,7-8H2,(H2,14,18). The molecular formula is C12H15FN2O2S2. The van der Waals surface area contributed by atoms with Crippen LogP contribution in [0, 0.1) is 5.82 Å². The van der Waals surface area contributed by atoms with Crippen molar-refractivity contribution < 1.29 is 12.8 Å². The Morgan fingerprint density at radius 3 is 2.42 bits per heavy atom. The van der Waals surface area contributed by atoms with Crippen LogP contribution in [0.5, 0.6) is 0 Å². The third-order valence-electron chi connectivity index (χ3n) is 3.38. The number of sulfonamides is 1. The zero-order chi connectivity index (χ0) is 14.1. The zero-order valence-electron chi connectivity index (χ0n) is 10.2. The second kappa shape index (κ2) is 5.15. The summed E-state index contributed by atoms with van der Waals surface area (Å²) in [5.41, 5.74) is 4.75. The lowest BCUT2D eigenvalue weighted by molar-refractivity contribution is 0.496. The van der Waals surface area contributed by atoms with Gasteiger partial charge in [0, 0.05) is 0 Å². The maximum Gasteiger partial charge on any atom is 0.244 e. The summed E-state index contributed by atoms with van der Waals surface area (Å²) in [5, 5.41) is 0. The first-order valence-electron chi connectivity index (χ1n) is 5.96. The molecule has 0 unspecified atom stereocenters. The van der Waals surface area contributed by atoms with Crippen molar-refractivity contribution in [3.8, 4) is 0 Å². The van der Waals surface area contributed by atoms with Gasteiger partial charge in [0.05, 0.1) is 10.5 Å². The highest BCUT2D eigenvalue weighted by atomic mass is 32.2. The molecule has 2 rings (SSSR count). The molecule has 0 bridgehead atoms. The molecule has 0 aliphatic heterocycles. The first-order valence-corrected chi connectivity index (χ1v) is 7.85. The van der Waals surface area contributed by atoms with Crippen LogP contribution in [0.15, 0.2) is 29.2 Å². The Bertz CT molecular complexity index is 596. The second-order valence-electron chi connectivity index (χ2n) is 4.69. The Labute approximate surface area is 117 Å². The van der Waals surface area contributed by atoms with E-state index in [0.717, 1.165) is 18.9 Å². The molecule has 1 fully saturated rings. The minimum atomic E-state index is -3.97. The molecule has 1 aliphatic carbocycles. The molecule has 0 spiro atoms. The van der Waals surface area contributed by atoms with Gasteiger partial charge < -0.3 is 5.73 Å². The normalized spacial score (nSPS) is 18.4. The zero-order valence-corrected chi connectivity index (χ0v) is 11.9. The lowest BCUT2D eigenvalue weighted by Gasteiger charge is -2.28. The summed E-state index contributed by atoms with van der Waals surface area (Å²) in [4.78, 5) is -0.262. The summed E-state index contributed by atoms with van der Waals surface area (Å²) in [6.07, 6.45) is 2.79. The van der Waals surface area contributed by atoms with Gasteiger partial charge >= 0.3 is 0 Å². The van der Waals surface area contributed by atoms with Gasteiger partial charge in [-0.25, -0.2) is 12.8 Å². The summed E-state index contributed by atoms with van der Waals surface area (Å²) in [6, 6.07) is 5.24. The van der Waals surface area contributed by atoms with Gasteiger partial charge in [0.1, 0.15) is 10.7 Å². The van der Waals surface area contributed by atoms with Crippen molar-refractivity contribution in [2.75, 3.05) is 0 Å². The molecule has 1 saturated carbocycles. The van der Waals surface area contributed by atoms with Crippen molar-refractivity contribution >= 4 is 27.2 Å². The molecule has 7 heteroatoms. The molecule has 1 aliphatic rings. The summed E-state index contributed by atoms with van der Waals surface area (Å²) in [5.74, 6) is -0.786. The van der Waals surface area contributed by atoms with Crippen LogP contribution in [-0.4, -0.2) is 18.9 Å². The van der Waals surface area contributed by atoms with E-state index in [1.807, 2.05) is 0 Å². The fourth-order valence-corrected chi connectivity index (χ4v) is 4.19. The Balaban J connectivity index is 2.36. The summed E-state index contributed by atoms with van der Waals surface area (Å²) >= 11 is 4.98. The largest absolute Gasteiger partial charge is 0.392 e. The predicted octanol–water partition coefficient (Wildman–Crippen LogP) is 1.70. The number of hydrogen-bond acceptors (Lipinski definition) is 3. The molecule has 0 atom stereocenters. The maximum atomic E-state index is 13.6. The Morgan fingerprint density at radius 2 is 1.89 bits per heavy atom. The van der Waals surface area contributed by atoms with Crippen LogP contribution >= 0.6 is 12.2 Å². The van der Waals surface area contributed by atoms with Gasteiger partial charge in [-0.2, -0.15) is 4.72 Å². The SMILES string of the molecule is NC(=S)C1(NS(=O)(=O)c2ccccc2F)CCCC1. The quantitative estimate of drug-likeness (QED) is 0.831. The van der Waals surface area contributed by atoms with E-state index in [1.54, 1.807) is 0 Å². The van der Waals surface area contributed by atoms with E-state index >= 15 is 0 Å². The number of benzene rings is 1. The topological polar surface area (TPSA) is 72.2 Å². The number of thiocarbonyl (C=S) groups is 1. The van der Waals surface area contributed by atoms with Crippen LogP contribution in [0.3, 0.4) is 0 Å². The molecule has 4 nitrogen and oxygen atoms in total. The smallest absolute Gasteiger partial charge is 0.244 e. The molecule has 1 aromatic carbocycles. The van der Waals surface area contributed by atoms with E-state index in [-0.39, 0.29) is 9.88 Å². The monoisotopic (exact) mass is 302 g/mol. The van der Waals surface area contributed by atoms with E-state index in [4.69, 9.17) is 18.0 Å². The van der Waals surface area contributed by atoms with Gasteiger partial charge in [-0.15, -0.1) is 0 Å². The maximum absolute atomic E-state index is 13.6. The average Bonchev–Trinajstić information content (AvgIpc) is 2.78. The fraction of sp³-hybridized carbons (Fsp3) is 0.417. The van der Waals surface area contributed by atoms with Gasteiger partial charge in [-0.3, -0.25) is 0 Å². The third kappa shape index (κ3) is 2.77. The first kappa shape index (κ1) is 14.4. The van der Waals surface area contributed by atoms with Crippen LogP contribution in [-0.2, 0) is 10.0 Å². The highest BCUT2D eigenvalue weighted by Gasteiger charge is 2.41. The van der Waals surface area contributed by atoms with E-state index in [9.17, 15) is 12.8 Å². The fourth-order valence-electron chi connectivity index (χ4n) is 2.35. The molecule has 19 heavy (non-hydrogen) atoms. The van der Waals surface area contributed by atoms with Crippen molar-refractivity contribution in [2.45, 2.75) is 36.1 Å². The van der Waals surface area contributed by atoms with Gasteiger partial charge in [-0.1, -0.05) is 37.2 Å². The van der Waals surface area contributed by atoms with Crippen LogP contribution in [0.25, 0.3) is 0 Å². The Morgan fingerprint density at radius 1 is 1.32 bits per heavy atom. The second-order valence-corrected chi connectivity index (χ2v) is 6.78. The van der Waals surface area contributed by atoms with E-state index in [0.29, 0.717) is 12.8 Å². The number of hydrogen-bond donors (Lipinski definition) is 2. The van der Waals surface area contributed by atoms with E-state index in [1.165, 1.54) is 18.2 Å². The highest BCUT2D eigenvalue weighted by molar-refractivity contribution is 7.89. The molecule has 0 amide bonds. The van der Waals surface area contributed by atoms with Crippen LogP contribution < -0.4 is 10.5 Å². The van der Waals surface area contributed by atoms with Gasteiger partial charge in [0.2, 0.25) is 10.0 Å². The van der Waals surface area contributed by atoms with Crippen LogP contribution in [0.1, 0.15) is 25.7 Å². The summed E-state index contributed by atoms with van der Waals surface area (Å²) in [6.45, 7) is 0. The molecule has 1 aromatic rings. The molecule has 0 radical (unpaired) electrons. The van der Waals surface area contributed by atoms with Crippen molar-refractivity contribution in [3.63, 3.8) is 0 Å². The van der Waals surface area contributed by atoms with Gasteiger partial charge in [0.25, 0.3) is 0 Å². The minimum absolute atomic E-state index is 0.116. The van der Waals surface area contributed by atoms with Crippen molar-refractivity contribution in [1.29, 1.82) is 0 Å². The van der Waals surface area contributed by atoms with Crippen molar-refractivity contribution in [1.82, 2.24) is 4.72 Å². The molecule has 3 N–H and O–H groups in total. The number of nitrogens with two attached hydrogens (primary N) is 1. The summed E-state index contributed by atoms with van der Waals surface area (Å²) in [7, 11) is -3.97. The number of nitrogens with one attached hydrogen (secondary N) is 1. The van der Waals surface area contributed by atoms with E-state index < -0.39 is 21.4 Å². The third-order valence-corrected chi connectivity index (χ3v) is 5.34. The predicted molar refractivity (Wildman–Crippen MR) is 74.7 cm³/mol.